The standard InChI is InChI=1S/C21H20BrN5O3/c1-30-18-7-5-17(6-8-18)27-12-15(10-19(27)28)20(29)24-21-23-13-26(25-21)11-14-3-2-4-16(22)9-14/h2-9,13,15H,10-12H2,1H3,(H,24,25,29). The molecular weight excluding hydrogens is 450 g/mol. The molecule has 1 N–H and O–H groups in total. The average molecular weight is 470 g/mol. The number of hydrogen-bond donors (Lipinski definition) is 1. The topological polar surface area (TPSA) is 89.3 Å². The summed E-state index contributed by atoms with van der Waals surface area (Å²) < 4.78 is 7.78. The zero-order chi connectivity index (χ0) is 21.1. The van der Waals surface area contributed by atoms with Gasteiger partial charge in [0.15, 0.2) is 0 Å². The maximum Gasteiger partial charge on any atom is 0.248 e. The van der Waals surface area contributed by atoms with Crippen LogP contribution < -0.4 is 15.0 Å². The van der Waals surface area contributed by atoms with Gasteiger partial charge in [0.2, 0.25) is 17.8 Å². The average Bonchev–Trinajstić information content (AvgIpc) is 3.34. The van der Waals surface area contributed by atoms with Crippen molar-refractivity contribution in [1.29, 1.82) is 0 Å². The minimum absolute atomic E-state index is 0.0894. The van der Waals surface area contributed by atoms with E-state index in [1.165, 1.54) is 0 Å². The summed E-state index contributed by atoms with van der Waals surface area (Å²) in [6.45, 7) is 0.852. The Kier molecular flexibility index (Phi) is 5.80. The molecule has 1 fully saturated rings. The normalized spacial score (nSPS) is 16.0. The summed E-state index contributed by atoms with van der Waals surface area (Å²) in [6, 6.07) is 15.1. The van der Waals surface area contributed by atoms with Crippen LogP contribution in [0.3, 0.4) is 0 Å². The van der Waals surface area contributed by atoms with Crippen molar-refractivity contribution in [3.8, 4) is 5.75 Å². The fraction of sp³-hybridized carbons (Fsp3) is 0.238. The first-order chi connectivity index (χ1) is 14.5. The van der Waals surface area contributed by atoms with Gasteiger partial charge in [-0.05, 0) is 42.0 Å². The second-order valence-corrected chi connectivity index (χ2v) is 7.90. The molecule has 1 saturated heterocycles. The van der Waals surface area contributed by atoms with Crippen LogP contribution in [0.4, 0.5) is 11.6 Å². The van der Waals surface area contributed by atoms with Crippen LogP contribution in [0, 0.1) is 5.92 Å². The van der Waals surface area contributed by atoms with Crippen molar-refractivity contribution in [3.05, 3.63) is 64.9 Å². The van der Waals surface area contributed by atoms with E-state index in [-0.39, 0.29) is 24.2 Å². The summed E-state index contributed by atoms with van der Waals surface area (Å²) in [5, 5.41) is 7.03. The number of carbonyl (C=O) groups excluding carboxylic acids is 2. The van der Waals surface area contributed by atoms with Gasteiger partial charge in [0.1, 0.15) is 12.1 Å². The van der Waals surface area contributed by atoms with Crippen LogP contribution in [0.25, 0.3) is 0 Å². The summed E-state index contributed by atoms with van der Waals surface area (Å²) in [5.41, 5.74) is 1.80. The fourth-order valence-corrected chi connectivity index (χ4v) is 3.80. The van der Waals surface area contributed by atoms with Gasteiger partial charge < -0.3 is 9.64 Å². The molecule has 1 aliphatic rings. The van der Waals surface area contributed by atoms with E-state index < -0.39 is 5.92 Å². The number of benzene rings is 2. The number of ether oxygens (including phenoxy) is 1. The van der Waals surface area contributed by atoms with Gasteiger partial charge >= 0.3 is 0 Å². The van der Waals surface area contributed by atoms with Crippen molar-refractivity contribution in [1.82, 2.24) is 14.8 Å². The van der Waals surface area contributed by atoms with E-state index in [0.29, 0.717) is 18.8 Å². The van der Waals surface area contributed by atoms with E-state index in [2.05, 4.69) is 31.3 Å². The van der Waals surface area contributed by atoms with Crippen LogP contribution in [-0.4, -0.2) is 40.2 Å². The fourth-order valence-electron chi connectivity index (χ4n) is 3.36. The molecule has 4 rings (SSSR count). The smallest absolute Gasteiger partial charge is 0.248 e. The van der Waals surface area contributed by atoms with Crippen LogP contribution >= 0.6 is 15.9 Å². The quantitative estimate of drug-likeness (QED) is 0.598. The second-order valence-electron chi connectivity index (χ2n) is 6.99. The molecule has 1 aliphatic heterocycles. The lowest BCUT2D eigenvalue weighted by Gasteiger charge is -2.16. The van der Waals surface area contributed by atoms with E-state index in [0.717, 1.165) is 15.7 Å². The lowest BCUT2D eigenvalue weighted by molar-refractivity contribution is -0.122. The predicted octanol–water partition coefficient (Wildman–Crippen LogP) is 3.09. The predicted molar refractivity (Wildman–Crippen MR) is 115 cm³/mol. The van der Waals surface area contributed by atoms with Crippen LogP contribution in [0.1, 0.15) is 12.0 Å². The van der Waals surface area contributed by atoms with Gasteiger partial charge in [-0.25, -0.2) is 9.67 Å². The maximum atomic E-state index is 12.6. The SMILES string of the molecule is COc1ccc(N2CC(C(=O)Nc3ncn(Cc4cccc(Br)c4)n3)CC2=O)cc1. The van der Waals surface area contributed by atoms with Crippen LogP contribution in [0.2, 0.25) is 0 Å². The number of nitrogens with one attached hydrogen (secondary N) is 1. The molecule has 0 saturated carbocycles. The number of amides is 2. The van der Waals surface area contributed by atoms with Crippen LogP contribution in [-0.2, 0) is 16.1 Å². The Hall–Kier alpha value is -3.20. The van der Waals surface area contributed by atoms with Crippen molar-refractivity contribution in [2.75, 3.05) is 23.9 Å². The number of hydrogen-bond acceptors (Lipinski definition) is 5. The highest BCUT2D eigenvalue weighted by Gasteiger charge is 2.35. The number of methoxy groups -OCH3 is 1. The third kappa shape index (κ3) is 4.51. The molecule has 154 valence electrons. The first-order valence-electron chi connectivity index (χ1n) is 9.41. The number of nitrogens with zero attached hydrogens (tertiary/aromatic N) is 4. The van der Waals surface area contributed by atoms with Crippen LogP contribution in [0.5, 0.6) is 5.75 Å². The molecule has 2 aromatic carbocycles. The Morgan fingerprint density at radius 3 is 2.80 bits per heavy atom. The molecule has 1 aromatic heterocycles. The molecule has 9 heteroatoms. The summed E-state index contributed by atoms with van der Waals surface area (Å²) >= 11 is 3.44. The van der Waals surface area contributed by atoms with E-state index >= 15 is 0 Å². The monoisotopic (exact) mass is 469 g/mol. The van der Waals surface area contributed by atoms with Gasteiger partial charge in [0.25, 0.3) is 0 Å². The molecule has 1 atom stereocenters. The zero-order valence-corrected chi connectivity index (χ0v) is 17.9. The van der Waals surface area contributed by atoms with Crippen molar-refractivity contribution in [2.45, 2.75) is 13.0 Å². The molecule has 1 unspecified atom stereocenters. The van der Waals surface area contributed by atoms with Crippen molar-refractivity contribution in [2.24, 2.45) is 5.92 Å². The molecule has 2 amide bonds. The number of carbonyl (C=O) groups is 2. The summed E-state index contributed by atoms with van der Waals surface area (Å²) in [4.78, 5) is 30.8. The zero-order valence-electron chi connectivity index (χ0n) is 16.3. The van der Waals surface area contributed by atoms with Crippen LogP contribution in [0.15, 0.2) is 59.3 Å². The van der Waals surface area contributed by atoms with Gasteiger partial charge in [-0.2, -0.15) is 0 Å². The molecule has 30 heavy (non-hydrogen) atoms. The molecule has 8 nitrogen and oxygen atoms in total. The molecule has 0 spiro atoms. The summed E-state index contributed by atoms with van der Waals surface area (Å²) in [5.74, 6) is 0.124. The minimum Gasteiger partial charge on any atom is -0.497 e. The lowest BCUT2D eigenvalue weighted by atomic mass is 10.1. The molecule has 0 aliphatic carbocycles. The lowest BCUT2D eigenvalue weighted by Crippen LogP contribution is -2.28. The van der Waals surface area contributed by atoms with Crippen molar-refractivity contribution in [3.63, 3.8) is 0 Å². The van der Waals surface area contributed by atoms with E-state index in [1.54, 1.807) is 35.2 Å². The maximum absolute atomic E-state index is 12.6. The second kappa shape index (κ2) is 8.66. The molecular formula is C21H20BrN5O3. The highest BCUT2D eigenvalue weighted by Crippen LogP contribution is 2.27. The van der Waals surface area contributed by atoms with Crippen molar-refractivity contribution >= 4 is 39.4 Å². The van der Waals surface area contributed by atoms with Gasteiger partial charge in [-0.1, -0.05) is 28.1 Å². The Bertz CT molecular complexity index is 1070. The number of rotatable bonds is 6. The Balaban J connectivity index is 1.37. The largest absolute Gasteiger partial charge is 0.497 e. The number of aromatic nitrogens is 3. The van der Waals surface area contributed by atoms with E-state index in [4.69, 9.17) is 4.74 Å². The Labute approximate surface area is 182 Å². The molecule has 0 radical (unpaired) electrons. The highest BCUT2D eigenvalue weighted by molar-refractivity contribution is 9.10. The van der Waals surface area contributed by atoms with Gasteiger partial charge in [-0.3, -0.25) is 14.9 Å². The first kappa shape index (κ1) is 20.1. The molecule has 0 bridgehead atoms. The minimum atomic E-state index is -0.461. The Morgan fingerprint density at radius 2 is 2.07 bits per heavy atom. The van der Waals surface area contributed by atoms with E-state index in [1.807, 2.05) is 36.4 Å². The third-order valence-corrected chi connectivity index (χ3v) is 5.38. The highest BCUT2D eigenvalue weighted by atomic mass is 79.9. The first-order valence-corrected chi connectivity index (χ1v) is 10.2. The van der Waals surface area contributed by atoms with Gasteiger partial charge in [-0.15, -0.1) is 5.10 Å². The number of halogens is 1. The van der Waals surface area contributed by atoms with Gasteiger partial charge in [0, 0.05) is 23.1 Å². The van der Waals surface area contributed by atoms with Crippen molar-refractivity contribution < 1.29 is 14.3 Å². The Morgan fingerprint density at radius 1 is 1.27 bits per heavy atom. The van der Waals surface area contributed by atoms with Gasteiger partial charge in [0.05, 0.1) is 19.6 Å². The number of anilines is 2. The van der Waals surface area contributed by atoms with E-state index in [9.17, 15) is 9.59 Å². The third-order valence-electron chi connectivity index (χ3n) is 4.89. The summed E-state index contributed by atoms with van der Waals surface area (Å²) in [6.07, 6.45) is 1.72. The molecule has 3 aromatic rings. The summed E-state index contributed by atoms with van der Waals surface area (Å²) in [7, 11) is 1.59. The molecule has 2 heterocycles.